The van der Waals surface area contributed by atoms with Crippen molar-refractivity contribution in [3.8, 4) is 0 Å². The molecule has 1 atom stereocenters. The number of nitrogens with zero attached hydrogens (tertiary/aromatic N) is 3. The zero-order valence-corrected chi connectivity index (χ0v) is 21.0. The maximum atomic E-state index is 13.5. The lowest BCUT2D eigenvalue weighted by atomic mass is 9.96. The van der Waals surface area contributed by atoms with Gasteiger partial charge in [0.25, 0.3) is 0 Å². The van der Waals surface area contributed by atoms with Crippen molar-refractivity contribution in [3.05, 3.63) is 47.5 Å². The molecule has 2 aromatic rings. The lowest BCUT2D eigenvalue weighted by molar-refractivity contribution is -0.123. The van der Waals surface area contributed by atoms with Crippen molar-refractivity contribution >= 4 is 50.5 Å². The van der Waals surface area contributed by atoms with Gasteiger partial charge in [0.05, 0.1) is 16.3 Å². The van der Waals surface area contributed by atoms with Crippen LogP contribution in [0.4, 0.5) is 17.1 Å². The normalized spacial score (nSPS) is 20.8. The van der Waals surface area contributed by atoms with Crippen molar-refractivity contribution in [2.45, 2.75) is 49.5 Å². The molecule has 10 heteroatoms. The summed E-state index contributed by atoms with van der Waals surface area (Å²) in [6.45, 7) is 1.53. The lowest BCUT2D eigenvalue weighted by Crippen LogP contribution is -2.56. The van der Waals surface area contributed by atoms with Crippen LogP contribution in [0.25, 0.3) is 0 Å². The van der Waals surface area contributed by atoms with Crippen LogP contribution in [0.15, 0.2) is 47.4 Å². The number of carbonyl (C=O) groups is 2. The number of nitrogens with one attached hydrogen (secondary N) is 1. The van der Waals surface area contributed by atoms with E-state index < -0.39 is 10.0 Å². The molecule has 3 aliphatic rings. The average molecular weight is 517 g/mol. The highest BCUT2D eigenvalue weighted by atomic mass is 35.5. The Morgan fingerprint density at radius 3 is 2.40 bits per heavy atom. The highest BCUT2D eigenvalue weighted by Gasteiger charge is 2.41. The summed E-state index contributed by atoms with van der Waals surface area (Å²) < 4.78 is 28.2. The Morgan fingerprint density at radius 1 is 0.943 bits per heavy atom. The number of halogens is 1. The molecule has 0 spiro atoms. The summed E-state index contributed by atoms with van der Waals surface area (Å²) in [4.78, 5) is 30.1. The van der Waals surface area contributed by atoms with E-state index in [-0.39, 0.29) is 29.3 Å². The molecule has 8 nitrogen and oxygen atoms in total. The Bertz CT molecular complexity index is 1230. The maximum Gasteiger partial charge on any atom is 0.250 e. The Balaban J connectivity index is 1.48. The van der Waals surface area contributed by atoms with Gasteiger partial charge < -0.3 is 10.2 Å². The molecule has 2 fully saturated rings. The predicted molar refractivity (Wildman–Crippen MR) is 136 cm³/mol. The summed E-state index contributed by atoms with van der Waals surface area (Å²) in [5, 5.41) is 3.36. The summed E-state index contributed by atoms with van der Waals surface area (Å²) in [5.74, 6) is -0.531. The van der Waals surface area contributed by atoms with Gasteiger partial charge in [0, 0.05) is 30.3 Å². The zero-order valence-electron chi connectivity index (χ0n) is 19.5. The molecule has 0 aliphatic carbocycles. The van der Waals surface area contributed by atoms with Crippen LogP contribution < -0.4 is 15.1 Å². The van der Waals surface area contributed by atoms with Gasteiger partial charge in [-0.15, -0.1) is 0 Å². The van der Waals surface area contributed by atoms with Crippen molar-refractivity contribution < 1.29 is 18.0 Å². The van der Waals surface area contributed by atoms with Gasteiger partial charge in [0.2, 0.25) is 21.8 Å². The minimum atomic E-state index is -3.68. The van der Waals surface area contributed by atoms with Crippen LogP contribution in [0, 0.1) is 0 Å². The number of carbonyl (C=O) groups excluding carboxylic acids is 2. The molecule has 2 aromatic carbocycles. The van der Waals surface area contributed by atoms with Gasteiger partial charge in [-0.2, -0.15) is 4.31 Å². The van der Waals surface area contributed by atoms with Gasteiger partial charge in [-0.25, -0.2) is 8.42 Å². The number of fused-ring (bicyclic) bond motifs is 3. The number of piperidine rings is 2. The largest absolute Gasteiger partial charge is 0.358 e. The first-order valence-electron chi connectivity index (χ1n) is 12.1. The molecule has 3 aliphatic heterocycles. The van der Waals surface area contributed by atoms with Gasteiger partial charge in [-0.05, 0) is 74.6 Å². The summed E-state index contributed by atoms with van der Waals surface area (Å²) in [6, 6.07) is 11.4. The minimum Gasteiger partial charge on any atom is -0.358 e. The fraction of sp³-hybridized carbons (Fsp3) is 0.440. The Hall–Kier alpha value is -2.62. The summed E-state index contributed by atoms with van der Waals surface area (Å²) in [6.07, 6.45) is 5.33. The van der Waals surface area contributed by atoms with E-state index in [1.54, 1.807) is 42.5 Å². The Labute approximate surface area is 210 Å². The third-order valence-electron chi connectivity index (χ3n) is 6.98. The first kappa shape index (κ1) is 24.1. The maximum absolute atomic E-state index is 13.5. The van der Waals surface area contributed by atoms with E-state index in [4.69, 9.17) is 11.6 Å². The molecule has 0 bridgehead atoms. The molecular formula is C25H29ClN4O4S. The van der Waals surface area contributed by atoms with E-state index in [1.807, 2.05) is 0 Å². The second-order valence-electron chi connectivity index (χ2n) is 9.30. The van der Waals surface area contributed by atoms with Crippen LogP contribution in [0.1, 0.15) is 38.5 Å². The van der Waals surface area contributed by atoms with Crippen molar-refractivity contribution in [3.63, 3.8) is 0 Å². The summed E-state index contributed by atoms with van der Waals surface area (Å²) >= 11 is 5.93. The third kappa shape index (κ3) is 4.77. The first-order chi connectivity index (χ1) is 16.8. The van der Waals surface area contributed by atoms with Gasteiger partial charge in [0.1, 0.15) is 12.6 Å². The van der Waals surface area contributed by atoms with Crippen LogP contribution in [0.3, 0.4) is 0 Å². The number of hydrogen-bond donors (Lipinski definition) is 1. The standard InChI is InChI=1S/C25H29ClN4O4S/c26-18-7-9-19(10-8-18)27-24(31)17-30-23-16-20(35(33,34)28-13-3-1-4-14-28)11-12-21(23)29-15-5-2-6-22(29)25(30)32/h7-12,16,22H,1-6,13-15,17H2,(H,27,31). The van der Waals surface area contributed by atoms with Crippen LogP contribution in [-0.4, -0.2) is 56.8 Å². The van der Waals surface area contributed by atoms with E-state index in [1.165, 1.54) is 9.21 Å². The molecule has 2 saturated heterocycles. The number of rotatable bonds is 5. The molecule has 0 radical (unpaired) electrons. The van der Waals surface area contributed by atoms with Crippen LogP contribution in [-0.2, 0) is 19.6 Å². The van der Waals surface area contributed by atoms with E-state index >= 15 is 0 Å². The highest BCUT2D eigenvalue weighted by molar-refractivity contribution is 7.89. The second-order valence-corrected chi connectivity index (χ2v) is 11.7. The molecule has 1 N–H and O–H groups in total. The van der Waals surface area contributed by atoms with E-state index in [0.29, 0.717) is 35.9 Å². The highest BCUT2D eigenvalue weighted by Crippen LogP contribution is 2.41. The molecule has 2 amide bonds. The van der Waals surface area contributed by atoms with Crippen LogP contribution in [0.2, 0.25) is 5.02 Å². The molecule has 35 heavy (non-hydrogen) atoms. The molecule has 1 unspecified atom stereocenters. The van der Waals surface area contributed by atoms with Gasteiger partial charge in [-0.3, -0.25) is 14.5 Å². The van der Waals surface area contributed by atoms with E-state index in [9.17, 15) is 18.0 Å². The average Bonchev–Trinajstić information content (AvgIpc) is 2.88. The predicted octanol–water partition coefficient (Wildman–Crippen LogP) is 3.86. The number of hydrogen-bond acceptors (Lipinski definition) is 5. The number of amides is 2. The van der Waals surface area contributed by atoms with Gasteiger partial charge in [0.15, 0.2) is 0 Å². The SMILES string of the molecule is O=C(CN1C(=O)C2CCCCN2c2ccc(S(=O)(=O)N3CCCCC3)cc21)Nc1ccc(Cl)cc1. The monoisotopic (exact) mass is 516 g/mol. The van der Waals surface area contributed by atoms with Crippen molar-refractivity contribution in [1.29, 1.82) is 0 Å². The third-order valence-corrected chi connectivity index (χ3v) is 9.13. The quantitative estimate of drug-likeness (QED) is 0.651. The lowest BCUT2D eigenvalue weighted by Gasteiger charge is -2.45. The molecular weight excluding hydrogens is 488 g/mol. The molecule has 0 aromatic heterocycles. The molecule has 186 valence electrons. The van der Waals surface area contributed by atoms with Crippen LogP contribution in [0.5, 0.6) is 0 Å². The van der Waals surface area contributed by atoms with Crippen molar-refractivity contribution in [2.75, 3.05) is 41.3 Å². The minimum absolute atomic E-state index is 0.157. The zero-order chi connectivity index (χ0) is 24.6. The van der Waals surface area contributed by atoms with Crippen LogP contribution >= 0.6 is 11.6 Å². The Kier molecular flexibility index (Phi) is 6.74. The smallest absolute Gasteiger partial charge is 0.250 e. The molecule has 0 saturated carbocycles. The number of benzene rings is 2. The van der Waals surface area contributed by atoms with E-state index in [0.717, 1.165) is 44.3 Å². The first-order valence-corrected chi connectivity index (χ1v) is 13.9. The topological polar surface area (TPSA) is 90.0 Å². The fourth-order valence-corrected chi connectivity index (χ4v) is 6.86. The summed E-state index contributed by atoms with van der Waals surface area (Å²) in [7, 11) is -3.68. The Morgan fingerprint density at radius 2 is 1.66 bits per heavy atom. The second kappa shape index (κ2) is 9.79. The van der Waals surface area contributed by atoms with Gasteiger partial charge >= 0.3 is 0 Å². The molecule has 3 heterocycles. The number of sulfonamides is 1. The number of anilines is 3. The van der Waals surface area contributed by atoms with Crippen molar-refractivity contribution in [2.24, 2.45) is 0 Å². The molecule has 5 rings (SSSR count). The summed E-state index contributed by atoms with van der Waals surface area (Å²) in [5.41, 5.74) is 1.84. The van der Waals surface area contributed by atoms with Crippen molar-refractivity contribution in [1.82, 2.24) is 4.31 Å². The van der Waals surface area contributed by atoms with Gasteiger partial charge in [-0.1, -0.05) is 18.0 Å². The van der Waals surface area contributed by atoms with E-state index in [2.05, 4.69) is 10.2 Å². The fourth-order valence-electron chi connectivity index (χ4n) is 5.19.